The highest BCUT2D eigenvalue weighted by molar-refractivity contribution is 5.90. The molecule has 4 heterocycles. The molecule has 0 bridgehead atoms. The lowest BCUT2D eigenvalue weighted by atomic mass is 10.0. The number of amides is 1. The molecule has 34 heavy (non-hydrogen) atoms. The van der Waals surface area contributed by atoms with E-state index in [1.165, 1.54) is 4.68 Å². The first kappa shape index (κ1) is 21.9. The molecule has 1 aromatic carbocycles. The van der Waals surface area contributed by atoms with E-state index in [0.29, 0.717) is 25.2 Å². The predicted octanol–water partition coefficient (Wildman–Crippen LogP) is 4.41. The number of aromatic nitrogens is 4. The van der Waals surface area contributed by atoms with Gasteiger partial charge in [-0.3, -0.25) is 4.79 Å². The fourth-order valence-corrected chi connectivity index (χ4v) is 4.30. The molecule has 0 N–H and O–H groups in total. The summed E-state index contributed by atoms with van der Waals surface area (Å²) in [4.78, 5) is 26.9. The summed E-state index contributed by atoms with van der Waals surface area (Å²) in [5.74, 6) is 0. The Bertz CT molecular complexity index is 1400. The van der Waals surface area contributed by atoms with Crippen LogP contribution in [-0.2, 0) is 4.74 Å². The minimum Gasteiger partial charge on any atom is -0.444 e. The number of fused-ring (bicyclic) bond motifs is 1. The number of carbonyl (C=O) groups excluding carboxylic acids is 1. The van der Waals surface area contributed by atoms with Crippen molar-refractivity contribution in [1.82, 2.24) is 24.3 Å². The Labute approximate surface area is 197 Å². The molecule has 3 aromatic heterocycles. The van der Waals surface area contributed by atoms with Gasteiger partial charge in [0, 0.05) is 30.9 Å². The molecular formula is C26H27N5O3. The van der Waals surface area contributed by atoms with Gasteiger partial charge in [0.15, 0.2) is 0 Å². The van der Waals surface area contributed by atoms with Gasteiger partial charge >= 0.3 is 6.09 Å². The molecule has 4 aromatic rings. The maximum Gasteiger partial charge on any atom is 0.410 e. The highest BCUT2D eigenvalue weighted by Crippen LogP contribution is 2.34. The third-order valence-electron chi connectivity index (χ3n) is 5.83. The van der Waals surface area contributed by atoms with E-state index in [0.717, 1.165) is 22.3 Å². The molecule has 174 valence electrons. The fraction of sp³-hybridized carbons (Fsp3) is 0.308. The van der Waals surface area contributed by atoms with Gasteiger partial charge in [-0.05, 0) is 45.4 Å². The summed E-state index contributed by atoms with van der Waals surface area (Å²) in [5.41, 5.74) is 3.43. The Morgan fingerprint density at radius 1 is 1.00 bits per heavy atom. The van der Waals surface area contributed by atoms with Gasteiger partial charge in [0.25, 0.3) is 5.56 Å². The second-order valence-corrected chi connectivity index (χ2v) is 9.49. The van der Waals surface area contributed by atoms with E-state index in [2.05, 4.69) is 0 Å². The van der Waals surface area contributed by atoms with E-state index in [1.54, 1.807) is 17.0 Å². The molecule has 1 amide bonds. The second-order valence-electron chi connectivity index (χ2n) is 9.49. The van der Waals surface area contributed by atoms with Gasteiger partial charge in [0.05, 0.1) is 22.8 Å². The molecule has 0 spiro atoms. The maximum atomic E-state index is 12.8. The Hall–Kier alpha value is -3.94. The van der Waals surface area contributed by atoms with Crippen molar-refractivity contribution in [2.45, 2.75) is 38.8 Å². The number of benzene rings is 1. The maximum absolute atomic E-state index is 12.8. The zero-order valence-electron chi connectivity index (χ0n) is 19.5. The summed E-state index contributed by atoms with van der Waals surface area (Å²) in [7, 11) is 0. The number of ether oxygens (including phenoxy) is 1. The molecule has 1 atom stereocenters. The molecule has 1 aliphatic heterocycles. The predicted molar refractivity (Wildman–Crippen MR) is 130 cm³/mol. The highest BCUT2D eigenvalue weighted by atomic mass is 16.6. The van der Waals surface area contributed by atoms with Crippen molar-refractivity contribution in [1.29, 1.82) is 0 Å². The molecule has 8 nitrogen and oxygen atoms in total. The van der Waals surface area contributed by atoms with Gasteiger partial charge in [0.1, 0.15) is 11.3 Å². The van der Waals surface area contributed by atoms with Gasteiger partial charge < -0.3 is 9.64 Å². The van der Waals surface area contributed by atoms with Crippen LogP contribution in [0.2, 0.25) is 0 Å². The second kappa shape index (κ2) is 8.44. The van der Waals surface area contributed by atoms with Crippen molar-refractivity contribution in [2.24, 2.45) is 0 Å². The van der Waals surface area contributed by atoms with Gasteiger partial charge in [-0.2, -0.15) is 10.2 Å². The van der Waals surface area contributed by atoms with Crippen LogP contribution < -0.4 is 5.56 Å². The van der Waals surface area contributed by atoms with Crippen molar-refractivity contribution >= 4 is 11.6 Å². The van der Waals surface area contributed by atoms with Gasteiger partial charge in [-0.25, -0.2) is 14.0 Å². The van der Waals surface area contributed by atoms with Gasteiger partial charge in [-0.15, -0.1) is 0 Å². The zero-order valence-corrected chi connectivity index (χ0v) is 19.5. The number of likely N-dealkylation sites (tertiary alicyclic amines) is 1. The molecule has 1 aliphatic rings. The minimum atomic E-state index is -0.568. The Kier molecular flexibility index (Phi) is 5.43. The number of carbonyl (C=O) groups is 1. The van der Waals surface area contributed by atoms with Crippen LogP contribution in [0.3, 0.4) is 0 Å². The molecule has 1 fully saturated rings. The molecular weight excluding hydrogens is 430 g/mol. The number of hydrogen-bond acceptors (Lipinski definition) is 5. The smallest absolute Gasteiger partial charge is 0.410 e. The third-order valence-corrected chi connectivity index (χ3v) is 5.83. The van der Waals surface area contributed by atoms with Gasteiger partial charge in [0.2, 0.25) is 0 Å². The topological polar surface area (TPSA) is 81.7 Å². The number of nitrogens with zero attached hydrogens (tertiary/aromatic N) is 5. The van der Waals surface area contributed by atoms with E-state index >= 15 is 0 Å². The van der Waals surface area contributed by atoms with Crippen molar-refractivity contribution in [3.63, 3.8) is 0 Å². The lowest BCUT2D eigenvalue weighted by Gasteiger charge is -2.24. The van der Waals surface area contributed by atoms with Crippen molar-refractivity contribution in [3.8, 4) is 22.5 Å². The average molecular weight is 458 g/mol. The largest absolute Gasteiger partial charge is 0.444 e. The highest BCUT2D eigenvalue weighted by Gasteiger charge is 2.32. The summed E-state index contributed by atoms with van der Waals surface area (Å²) in [6.07, 6.45) is 2.17. The van der Waals surface area contributed by atoms with E-state index in [4.69, 9.17) is 14.9 Å². The van der Waals surface area contributed by atoms with E-state index in [9.17, 15) is 9.59 Å². The molecule has 0 saturated carbocycles. The molecule has 1 unspecified atom stereocenters. The zero-order chi connectivity index (χ0) is 23.9. The van der Waals surface area contributed by atoms with Crippen LogP contribution in [0.5, 0.6) is 0 Å². The minimum absolute atomic E-state index is 0.197. The Morgan fingerprint density at radius 3 is 2.53 bits per heavy atom. The Morgan fingerprint density at radius 2 is 1.76 bits per heavy atom. The van der Waals surface area contributed by atoms with E-state index in [-0.39, 0.29) is 17.7 Å². The monoisotopic (exact) mass is 457 g/mol. The summed E-state index contributed by atoms with van der Waals surface area (Å²) >= 11 is 0. The van der Waals surface area contributed by atoms with Crippen LogP contribution in [0.1, 0.15) is 33.2 Å². The van der Waals surface area contributed by atoms with E-state index < -0.39 is 5.60 Å². The number of hydrogen-bond donors (Lipinski definition) is 0. The lowest BCUT2D eigenvalue weighted by Crippen LogP contribution is -2.36. The van der Waals surface area contributed by atoms with Crippen molar-refractivity contribution in [3.05, 3.63) is 77.2 Å². The summed E-state index contributed by atoms with van der Waals surface area (Å²) in [6, 6.07) is 18.9. The van der Waals surface area contributed by atoms with Crippen molar-refractivity contribution < 1.29 is 9.53 Å². The van der Waals surface area contributed by atoms with Crippen molar-refractivity contribution in [2.75, 3.05) is 13.1 Å². The van der Waals surface area contributed by atoms with Crippen LogP contribution in [0, 0.1) is 0 Å². The molecule has 0 aliphatic carbocycles. The van der Waals surface area contributed by atoms with Gasteiger partial charge in [-0.1, -0.05) is 36.4 Å². The molecule has 8 heteroatoms. The van der Waals surface area contributed by atoms with Crippen LogP contribution in [-0.4, -0.2) is 49.1 Å². The molecule has 1 saturated heterocycles. The first-order chi connectivity index (χ1) is 16.3. The lowest BCUT2D eigenvalue weighted by molar-refractivity contribution is 0.0288. The quantitative estimate of drug-likeness (QED) is 0.455. The molecule has 5 rings (SSSR count). The fourth-order valence-electron chi connectivity index (χ4n) is 4.30. The first-order valence-electron chi connectivity index (χ1n) is 11.4. The number of pyridine rings is 1. The van der Waals surface area contributed by atoms with E-state index in [1.807, 2.05) is 80.0 Å². The van der Waals surface area contributed by atoms with Crippen LogP contribution in [0.15, 0.2) is 71.7 Å². The summed E-state index contributed by atoms with van der Waals surface area (Å²) in [5, 5.41) is 9.57. The third kappa shape index (κ3) is 4.19. The Balaban J connectivity index is 1.54. The first-order valence-corrected chi connectivity index (χ1v) is 11.4. The normalized spacial score (nSPS) is 16.2. The van der Waals surface area contributed by atoms with Crippen LogP contribution in [0.4, 0.5) is 4.79 Å². The van der Waals surface area contributed by atoms with Crippen LogP contribution in [0.25, 0.3) is 28.0 Å². The number of rotatable bonds is 3. The molecule has 0 radical (unpaired) electrons. The SMILES string of the molecule is CC(C)(C)OC(=O)N1CCC(n2nc(-c3c(-c4ccccc4)nn4ccccc34)ccc2=O)C1. The summed E-state index contributed by atoms with van der Waals surface area (Å²) in [6.45, 7) is 6.42. The summed E-state index contributed by atoms with van der Waals surface area (Å²) < 4.78 is 8.83. The van der Waals surface area contributed by atoms with Crippen LogP contribution >= 0.6 is 0 Å². The average Bonchev–Trinajstić information content (AvgIpc) is 3.45. The standard InChI is InChI=1S/C26H27N5O3/c1-26(2,3)34-25(33)29-16-14-19(17-29)31-22(32)13-12-20(27-31)23-21-11-7-8-15-30(21)28-24(23)18-9-5-4-6-10-18/h4-13,15,19H,14,16-17H2,1-3H3.